The molecule has 62 valence electrons. The number of carbonyl (C=O) groups excluding carboxylic acids is 2. The number of ether oxygens (including phenoxy) is 2. The number of nitrogens with one attached hydrogen (secondary N) is 1. The monoisotopic (exact) mass is 159 g/mol. The molecule has 5 nitrogen and oxygen atoms in total. The van der Waals surface area contributed by atoms with Crippen molar-refractivity contribution in [1.82, 2.24) is 5.32 Å². The van der Waals surface area contributed by atoms with Crippen LogP contribution >= 0.6 is 0 Å². The van der Waals surface area contributed by atoms with Gasteiger partial charge in [-0.3, -0.25) is 14.9 Å². The van der Waals surface area contributed by atoms with Gasteiger partial charge in [0.15, 0.2) is 12.2 Å². The minimum atomic E-state index is -0.799. The predicted molar refractivity (Wildman–Crippen MR) is 34.7 cm³/mol. The molecule has 1 aliphatic heterocycles. The molecule has 1 saturated heterocycles. The minimum Gasteiger partial charge on any atom is -0.368 e. The van der Waals surface area contributed by atoms with Crippen molar-refractivity contribution in [3.8, 4) is 0 Å². The van der Waals surface area contributed by atoms with Gasteiger partial charge in [-0.2, -0.15) is 0 Å². The van der Waals surface area contributed by atoms with E-state index in [1.54, 1.807) is 0 Å². The molecule has 1 fully saturated rings. The van der Waals surface area contributed by atoms with E-state index in [9.17, 15) is 9.59 Å². The molecule has 0 bridgehead atoms. The molecule has 1 aliphatic rings. The Labute approximate surface area is 63.7 Å². The molecule has 0 saturated carbocycles. The summed E-state index contributed by atoms with van der Waals surface area (Å²) in [5.41, 5.74) is 0. The zero-order chi connectivity index (χ0) is 8.43. The first-order chi connectivity index (χ1) is 5.20. The summed E-state index contributed by atoms with van der Waals surface area (Å²) in [6.07, 6.45) is -1.60. The Morgan fingerprint density at radius 3 is 1.73 bits per heavy atom. The maximum atomic E-state index is 10.8. The van der Waals surface area contributed by atoms with Crippen LogP contribution in [0.25, 0.3) is 0 Å². The molecule has 0 aliphatic carbocycles. The van der Waals surface area contributed by atoms with E-state index in [2.05, 4.69) is 5.32 Å². The quantitative estimate of drug-likeness (QED) is 0.507. The van der Waals surface area contributed by atoms with Crippen LogP contribution in [0, 0.1) is 0 Å². The van der Waals surface area contributed by atoms with Gasteiger partial charge in [-0.1, -0.05) is 0 Å². The van der Waals surface area contributed by atoms with Gasteiger partial charge in [0.2, 0.25) is 0 Å². The summed E-state index contributed by atoms with van der Waals surface area (Å²) in [4.78, 5) is 21.7. The molecule has 5 heteroatoms. The first kappa shape index (κ1) is 8.16. The summed E-state index contributed by atoms with van der Waals surface area (Å²) in [7, 11) is 2.71. The maximum absolute atomic E-state index is 10.8. The number of hydrogen-bond donors (Lipinski definition) is 1. The first-order valence-corrected chi connectivity index (χ1v) is 3.11. The second-order valence-corrected chi connectivity index (χ2v) is 2.17. The molecule has 1 N–H and O–H groups in total. The van der Waals surface area contributed by atoms with Gasteiger partial charge in [0, 0.05) is 14.2 Å². The summed E-state index contributed by atoms with van der Waals surface area (Å²) in [5, 5.41) is 2.09. The lowest BCUT2D eigenvalue weighted by atomic mass is 10.2. The summed E-state index contributed by atoms with van der Waals surface area (Å²) >= 11 is 0. The minimum absolute atomic E-state index is 0.440. The molecule has 0 aromatic rings. The van der Waals surface area contributed by atoms with Crippen molar-refractivity contribution in [2.75, 3.05) is 14.2 Å². The van der Waals surface area contributed by atoms with Crippen LogP contribution in [0.2, 0.25) is 0 Å². The van der Waals surface area contributed by atoms with Crippen LogP contribution in [-0.2, 0) is 19.1 Å². The fourth-order valence-corrected chi connectivity index (χ4v) is 1.000. The van der Waals surface area contributed by atoms with Crippen LogP contribution in [0.3, 0.4) is 0 Å². The second-order valence-electron chi connectivity index (χ2n) is 2.17. The molecule has 0 aromatic heterocycles. The van der Waals surface area contributed by atoms with Gasteiger partial charge in [-0.05, 0) is 0 Å². The number of carbonyl (C=O) groups is 2. The Hall–Kier alpha value is -0.940. The Kier molecular flexibility index (Phi) is 2.21. The Morgan fingerprint density at radius 2 is 1.45 bits per heavy atom. The van der Waals surface area contributed by atoms with E-state index in [0.29, 0.717) is 0 Å². The summed E-state index contributed by atoms with van der Waals surface area (Å²) in [6.45, 7) is 0. The number of hydrogen-bond acceptors (Lipinski definition) is 4. The van der Waals surface area contributed by atoms with E-state index in [1.165, 1.54) is 14.2 Å². The highest BCUT2D eigenvalue weighted by molar-refractivity contribution is 6.08. The average molecular weight is 159 g/mol. The topological polar surface area (TPSA) is 64.6 Å². The normalized spacial score (nSPS) is 30.7. The molecular weight excluding hydrogens is 150 g/mol. The van der Waals surface area contributed by atoms with Crippen LogP contribution in [-0.4, -0.2) is 38.2 Å². The van der Waals surface area contributed by atoms with E-state index >= 15 is 0 Å². The lowest BCUT2D eigenvalue weighted by molar-refractivity contribution is -0.134. The van der Waals surface area contributed by atoms with Crippen molar-refractivity contribution >= 4 is 11.8 Å². The van der Waals surface area contributed by atoms with Crippen molar-refractivity contribution in [3.05, 3.63) is 0 Å². The zero-order valence-corrected chi connectivity index (χ0v) is 6.29. The maximum Gasteiger partial charge on any atom is 0.259 e. The molecule has 2 unspecified atom stereocenters. The third kappa shape index (κ3) is 1.24. The van der Waals surface area contributed by atoms with Gasteiger partial charge < -0.3 is 9.47 Å². The lowest BCUT2D eigenvalue weighted by Gasteiger charge is -2.10. The highest BCUT2D eigenvalue weighted by Gasteiger charge is 2.42. The lowest BCUT2D eigenvalue weighted by Crippen LogP contribution is -2.32. The van der Waals surface area contributed by atoms with Crippen LogP contribution in [0.4, 0.5) is 0 Å². The van der Waals surface area contributed by atoms with Gasteiger partial charge in [0.1, 0.15) is 0 Å². The van der Waals surface area contributed by atoms with E-state index in [0.717, 1.165) is 0 Å². The molecule has 2 atom stereocenters. The second kappa shape index (κ2) is 2.98. The number of imide groups is 1. The Balaban J connectivity index is 2.74. The van der Waals surface area contributed by atoms with Gasteiger partial charge in [-0.25, -0.2) is 0 Å². The first-order valence-electron chi connectivity index (χ1n) is 3.11. The highest BCUT2D eigenvalue weighted by Crippen LogP contribution is 2.09. The largest absolute Gasteiger partial charge is 0.368 e. The molecule has 0 radical (unpaired) electrons. The van der Waals surface area contributed by atoms with Crippen molar-refractivity contribution in [1.29, 1.82) is 0 Å². The molecule has 0 aromatic carbocycles. The van der Waals surface area contributed by atoms with Crippen LogP contribution in [0.15, 0.2) is 0 Å². The average Bonchev–Trinajstić information content (AvgIpc) is 2.24. The highest BCUT2D eigenvalue weighted by atomic mass is 16.5. The number of rotatable bonds is 2. The smallest absolute Gasteiger partial charge is 0.259 e. The van der Waals surface area contributed by atoms with Gasteiger partial charge >= 0.3 is 0 Å². The Bertz CT molecular complexity index is 171. The van der Waals surface area contributed by atoms with Gasteiger partial charge in [-0.15, -0.1) is 0 Å². The van der Waals surface area contributed by atoms with Gasteiger partial charge in [0.05, 0.1) is 0 Å². The fraction of sp³-hybridized carbons (Fsp3) is 0.667. The van der Waals surface area contributed by atoms with Crippen LogP contribution in [0.5, 0.6) is 0 Å². The van der Waals surface area contributed by atoms with Crippen molar-refractivity contribution < 1.29 is 19.1 Å². The summed E-state index contributed by atoms with van der Waals surface area (Å²) in [6, 6.07) is 0. The number of amides is 2. The van der Waals surface area contributed by atoms with Crippen molar-refractivity contribution in [2.24, 2.45) is 0 Å². The fourth-order valence-electron chi connectivity index (χ4n) is 1.000. The van der Waals surface area contributed by atoms with E-state index in [1.807, 2.05) is 0 Å². The molecule has 2 amide bonds. The van der Waals surface area contributed by atoms with E-state index in [4.69, 9.17) is 9.47 Å². The van der Waals surface area contributed by atoms with E-state index in [-0.39, 0.29) is 0 Å². The third-order valence-corrected chi connectivity index (χ3v) is 1.55. The predicted octanol–water partition coefficient (Wildman–Crippen LogP) is -1.33. The molecule has 1 rings (SSSR count). The molecule has 1 heterocycles. The zero-order valence-electron chi connectivity index (χ0n) is 6.29. The number of methoxy groups -OCH3 is 2. The standard InChI is InChI=1S/C6H9NO4/c1-10-3-4(11-2)6(9)7-5(3)8/h3-4H,1-2H3,(H,7,8,9). The molecule has 0 spiro atoms. The molecule has 11 heavy (non-hydrogen) atoms. The SMILES string of the molecule is COC1C(=O)NC(=O)C1OC. The third-order valence-electron chi connectivity index (χ3n) is 1.55. The van der Waals surface area contributed by atoms with Crippen LogP contribution in [0.1, 0.15) is 0 Å². The van der Waals surface area contributed by atoms with Crippen molar-refractivity contribution in [2.45, 2.75) is 12.2 Å². The van der Waals surface area contributed by atoms with Gasteiger partial charge in [0.25, 0.3) is 11.8 Å². The van der Waals surface area contributed by atoms with Crippen LogP contribution < -0.4 is 5.32 Å². The molecular formula is C6H9NO4. The van der Waals surface area contributed by atoms with E-state index < -0.39 is 24.0 Å². The van der Waals surface area contributed by atoms with Crippen molar-refractivity contribution in [3.63, 3.8) is 0 Å². The Morgan fingerprint density at radius 1 is 1.09 bits per heavy atom. The summed E-state index contributed by atoms with van der Waals surface area (Å²) < 4.78 is 9.48. The summed E-state index contributed by atoms with van der Waals surface area (Å²) in [5.74, 6) is -0.881.